The molecule has 4 N–H and O–H groups in total. The molecule has 0 amide bonds. The van der Waals surface area contributed by atoms with Crippen molar-refractivity contribution in [2.24, 2.45) is 0 Å². The number of nitrogens with zero attached hydrogens (tertiary/aromatic N) is 4. The normalized spacial score (nSPS) is 22.4. The van der Waals surface area contributed by atoms with Crippen molar-refractivity contribution in [2.45, 2.75) is 121 Å². The number of nitrogen functional groups attached to an aromatic ring is 1. The van der Waals surface area contributed by atoms with Crippen LogP contribution in [-0.4, -0.2) is 61.3 Å². The Morgan fingerprint density at radius 3 is 2.11 bits per heavy atom. The molecule has 2 aromatic rings. The summed E-state index contributed by atoms with van der Waals surface area (Å²) in [5, 5.41) is 20.3. The number of rotatable bonds is 18. The molecule has 1 saturated heterocycles. The molecule has 0 bridgehead atoms. The molecule has 0 aliphatic carbocycles. The van der Waals surface area contributed by atoms with E-state index in [-0.39, 0.29) is 12.4 Å². The molecule has 2 aromatic heterocycles. The van der Waals surface area contributed by atoms with E-state index in [4.69, 9.17) is 15.2 Å². The summed E-state index contributed by atoms with van der Waals surface area (Å²) in [7, 11) is 0. The highest BCUT2D eigenvalue weighted by molar-refractivity contribution is 5.81. The maximum Gasteiger partial charge on any atom is 0.167 e. The molecule has 9 heteroatoms. The standard InChI is InChI=1S/C26H45N5O4/c1-2-3-4-5-6-7-8-9-10-11-12-13-14-15-16-34-23-22(33)20(17-32)35-26(23)31-19-30-21-24(27)28-18-29-25(21)31/h18-20,22-23,26,32-33H,2-17H2,1H3,(H2,27,28,29)/t20-,22-,23-,26-/m1/s1. The summed E-state index contributed by atoms with van der Waals surface area (Å²) in [6.45, 7) is 2.50. The van der Waals surface area contributed by atoms with Crippen molar-refractivity contribution in [3.05, 3.63) is 12.7 Å². The predicted octanol–water partition coefficient (Wildman–Crippen LogP) is 4.53. The minimum Gasteiger partial charge on any atom is -0.394 e. The van der Waals surface area contributed by atoms with Gasteiger partial charge in [0.15, 0.2) is 17.7 Å². The quantitative estimate of drug-likeness (QED) is 0.260. The number of unbranched alkanes of at least 4 members (excludes halogenated alkanes) is 13. The molecule has 0 spiro atoms. The molecule has 9 nitrogen and oxygen atoms in total. The van der Waals surface area contributed by atoms with E-state index in [0.717, 1.165) is 12.8 Å². The number of ether oxygens (including phenoxy) is 2. The smallest absolute Gasteiger partial charge is 0.167 e. The Labute approximate surface area is 209 Å². The van der Waals surface area contributed by atoms with E-state index in [2.05, 4.69) is 21.9 Å². The zero-order valence-electron chi connectivity index (χ0n) is 21.4. The fourth-order valence-corrected chi connectivity index (χ4v) is 4.85. The minimum absolute atomic E-state index is 0.283. The number of aromatic nitrogens is 4. The van der Waals surface area contributed by atoms with Gasteiger partial charge in [-0.3, -0.25) is 4.57 Å². The molecule has 35 heavy (non-hydrogen) atoms. The molecule has 1 aliphatic rings. The first kappa shape index (κ1) is 27.8. The summed E-state index contributed by atoms with van der Waals surface area (Å²) in [5.41, 5.74) is 6.88. The van der Waals surface area contributed by atoms with Gasteiger partial charge in [0.1, 0.15) is 30.2 Å². The third kappa shape index (κ3) is 8.10. The number of imidazole rings is 1. The Morgan fingerprint density at radius 2 is 1.51 bits per heavy atom. The lowest BCUT2D eigenvalue weighted by Crippen LogP contribution is -2.35. The van der Waals surface area contributed by atoms with Gasteiger partial charge < -0.3 is 25.4 Å². The molecule has 3 heterocycles. The van der Waals surface area contributed by atoms with Gasteiger partial charge in [-0.1, -0.05) is 90.4 Å². The minimum atomic E-state index is -0.937. The summed E-state index contributed by atoms with van der Waals surface area (Å²) in [6.07, 6.45) is 18.2. The summed E-state index contributed by atoms with van der Waals surface area (Å²) < 4.78 is 13.7. The monoisotopic (exact) mass is 491 g/mol. The van der Waals surface area contributed by atoms with Crippen LogP contribution in [0.25, 0.3) is 11.2 Å². The van der Waals surface area contributed by atoms with Gasteiger partial charge in [0.2, 0.25) is 0 Å². The van der Waals surface area contributed by atoms with Crippen molar-refractivity contribution < 1.29 is 19.7 Å². The topological polar surface area (TPSA) is 129 Å². The van der Waals surface area contributed by atoms with Crippen LogP contribution in [-0.2, 0) is 9.47 Å². The summed E-state index contributed by atoms with van der Waals surface area (Å²) in [4.78, 5) is 12.5. The third-order valence-electron chi connectivity index (χ3n) is 6.96. The third-order valence-corrected chi connectivity index (χ3v) is 6.96. The molecule has 0 saturated carbocycles. The zero-order valence-corrected chi connectivity index (χ0v) is 21.4. The number of hydrogen-bond acceptors (Lipinski definition) is 8. The molecule has 1 fully saturated rings. The predicted molar refractivity (Wildman–Crippen MR) is 137 cm³/mol. The number of anilines is 1. The molecule has 4 atom stereocenters. The first-order chi connectivity index (χ1) is 17.2. The van der Waals surface area contributed by atoms with Gasteiger partial charge in [-0.05, 0) is 6.42 Å². The van der Waals surface area contributed by atoms with E-state index in [1.807, 2.05) is 0 Å². The van der Waals surface area contributed by atoms with Crippen LogP contribution in [0.5, 0.6) is 0 Å². The Hall–Kier alpha value is -1.81. The largest absolute Gasteiger partial charge is 0.394 e. The van der Waals surface area contributed by atoms with E-state index >= 15 is 0 Å². The molecule has 3 rings (SSSR count). The van der Waals surface area contributed by atoms with E-state index in [1.165, 1.54) is 83.4 Å². The second-order valence-corrected chi connectivity index (χ2v) is 9.75. The van der Waals surface area contributed by atoms with Crippen molar-refractivity contribution in [3.8, 4) is 0 Å². The average Bonchev–Trinajstić information content (AvgIpc) is 3.43. The van der Waals surface area contributed by atoms with Gasteiger partial charge in [-0.15, -0.1) is 0 Å². The number of fused-ring (bicyclic) bond motifs is 1. The Bertz CT molecular complexity index is 848. The van der Waals surface area contributed by atoms with Crippen molar-refractivity contribution in [3.63, 3.8) is 0 Å². The van der Waals surface area contributed by atoms with Crippen LogP contribution in [0.2, 0.25) is 0 Å². The molecular weight excluding hydrogens is 446 g/mol. The highest BCUT2D eigenvalue weighted by atomic mass is 16.6. The Morgan fingerprint density at radius 1 is 0.914 bits per heavy atom. The first-order valence-corrected chi connectivity index (χ1v) is 13.7. The van der Waals surface area contributed by atoms with Gasteiger partial charge >= 0.3 is 0 Å². The van der Waals surface area contributed by atoms with Crippen LogP contribution < -0.4 is 5.73 Å². The number of hydrogen-bond donors (Lipinski definition) is 3. The second kappa shape index (κ2) is 15.3. The van der Waals surface area contributed by atoms with E-state index in [0.29, 0.717) is 17.8 Å². The molecule has 198 valence electrons. The SMILES string of the molecule is CCCCCCCCCCCCCCCCO[C@@H]1[C@H](O)[C@@H](CO)O[C@H]1n1cnc2c(N)ncnc21. The summed E-state index contributed by atoms with van der Waals surface area (Å²) in [5.74, 6) is 0.283. The van der Waals surface area contributed by atoms with E-state index in [9.17, 15) is 10.2 Å². The van der Waals surface area contributed by atoms with Crippen LogP contribution >= 0.6 is 0 Å². The molecule has 0 unspecified atom stereocenters. The lowest BCUT2D eigenvalue weighted by Gasteiger charge is -2.22. The number of aliphatic hydroxyl groups is 2. The van der Waals surface area contributed by atoms with Gasteiger partial charge in [0, 0.05) is 6.61 Å². The van der Waals surface area contributed by atoms with Crippen LogP contribution in [0.3, 0.4) is 0 Å². The maximum absolute atomic E-state index is 10.7. The van der Waals surface area contributed by atoms with Gasteiger partial charge in [-0.2, -0.15) is 0 Å². The van der Waals surface area contributed by atoms with E-state index < -0.39 is 24.5 Å². The fourth-order valence-electron chi connectivity index (χ4n) is 4.85. The van der Waals surface area contributed by atoms with Crippen molar-refractivity contribution in [2.75, 3.05) is 18.9 Å². The van der Waals surface area contributed by atoms with Crippen LogP contribution in [0.4, 0.5) is 5.82 Å². The van der Waals surface area contributed by atoms with Crippen molar-refractivity contribution in [1.29, 1.82) is 0 Å². The van der Waals surface area contributed by atoms with Gasteiger partial charge in [0.05, 0.1) is 12.9 Å². The summed E-state index contributed by atoms with van der Waals surface area (Å²) in [6, 6.07) is 0. The molecule has 1 aliphatic heterocycles. The van der Waals surface area contributed by atoms with E-state index in [1.54, 1.807) is 10.9 Å². The van der Waals surface area contributed by atoms with Crippen molar-refractivity contribution in [1.82, 2.24) is 19.5 Å². The summed E-state index contributed by atoms with van der Waals surface area (Å²) >= 11 is 0. The molecule has 0 radical (unpaired) electrons. The van der Waals surface area contributed by atoms with Gasteiger partial charge in [-0.25, -0.2) is 15.0 Å². The van der Waals surface area contributed by atoms with Crippen LogP contribution in [0, 0.1) is 0 Å². The Balaban J connectivity index is 1.32. The second-order valence-electron chi connectivity index (χ2n) is 9.75. The van der Waals surface area contributed by atoms with Crippen LogP contribution in [0.1, 0.15) is 103 Å². The number of nitrogens with two attached hydrogens (primary N) is 1. The van der Waals surface area contributed by atoms with Crippen LogP contribution in [0.15, 0.2) is 12.7 Å². The lowest BCUT2D eigenvalue weighted by molar-refractivity contribution is -0.0711. The maximum atomic E-state index is 10.7. The lowest BCUT2D eigenvalue weighted by atomic mass is 10.0. The Kier molecular flexibility index (Phi) is 12.2. The highest BCUT2D eigenvalue weighted by Crippen LogP contribution is 2.34. The van der Waals surface area contributed by atoms with Gasteiger partial charge in [0.25, 0.3) is 0 Å². The molecular formula is C26H45N5O4. The van der Waals surface area contributed by atoms with Crippen molar-refractivity contribution >= 4 is 17.0 Å². The fraction of sp³-hybridized carbons (Fsp3) is 0.808. The average molecular weight is 492 g/mol. The molecule has 0 aromatic carbocycles. The number of aliphatic hydroxyl groups excluding tert-OH is 2. The zero-order chi connectivity index (χ0) is 24.9. The first-order valence-electron chi connectivity index (χ1n) is 13.7. The highest BCUT2D eigenvalue weighted by Gasteiger charge is 2.45.